The van der Waals surface area contributed by atoms with Gasteiger partial charge in [-0.1, -0.05) is 13.3 Å². The van der Waals surface area contributed by atoms with Crippen LogP contribution in [0.3, 0.4) is 0 Å². The summed E-state index contributed by atoms with van der Waals surface area (Å²) in [7, 11) is -1.71. The van der Waals surface area contributed by atoms with Crippen molar-refractivity contribution < 1.29 is 13.2 Å². The average molecular weight is 307 g/mol. The Morgan fingerprint density at radius 1 is 1.30 bits per heavy atom. The summed E-state index contributed by atoms with van der Waals surface area (Å²) in [4.78, 5) is 2.24. The van der Waals surface area contributed by atoms with E-state index in [1.165, 1.54) is 4.31 Å². The zero-order valence-corrected chi connectivity index (χ0v) is 13.9. The summed E-state index contributed by atoms with van der Waals surface area (Å²) in [5.41, 5.74) is 0. The Kier molecular flexibility index (Phi) is 7.39. The standard InChI is InChI=1S/C13H29N3O3S/c1-5-6-8-15(4)20(17,18)14-7-9-16-10-12(2)19-13(3)11-16/h12-14H,5-11H2,1-4H3/t12-,13-/m0/s1. The second-order valence-corrected chi connectivity index (χ2v) is 7.45. The number of morpholine rings is 1. The van der Waals surface area contributed by atoms with Gasteiger partial charge in [0.25, 0.3) is 10.2 Å². The summed E-state index contributed by atoms with van der Waals surface area (Å²) < 4.78 is 33.7. The molecule has 1 aliphatic rings. The highest BCUT2D eigenvalue weighted by Crippen LogP contribution is 2.09. The molecule has 1 aliphatic heterocycles. The first-order chi connectivity index (χ1) is 9.35. The van der Waals surface area contributed by atoms with E-state index in [1.54, 1.807) is 7.05 Å². The van der Waals surface area contributed by atoms with Crippen LogP contribution in [0, 0.1) is 0 Å². The molecule has 7 heteroatoms. The van der Waals surface area contributed by atoms with Gasteiger partial charge in [-0.2, -0.15) is 12.7 Å². The summed E-state index contributed by atoms with van der Waals surface area (Å²) in [6, 6.07) is 0. The van der Waals surface area contributed by atoms with E-state index >= 15 is 0 Å². The van der Waals surface area contributed by atoms with Gasteiger partial charge >= 0.3 is 0 Å². The summed E-state index contributed by atoms with van der Waals surface area (Å²) in [6.45, 7) is 9.59. The number of rotatable bonds is 8. The molecule has 2 atom stereocenters. The minimum atomic E-state index is -3.33. The van der Waals surface area contributed by atoms with Gasteiger partial charge in [0.05, 0.1) is 12.2 Å². The topological polar surface area (TPSA) is 61.9 Å². The molecule has 0 unspecified atom stereocenters. The molecule has 1 fully saturated rings. The molecule has 6 nitrogen and oxygen atoms in total. The number of nitrogens with one attached hydrogen (secondary N) is 1. The van der Waals surface area contributed by atoms with Crippen LogP contribution in [0.15, 0.2) is 0 Å². The average Bonchev–Trinajstić information content (AvgIpc) is 2.34. The Balaban J connectivity index is 2.32. The monoisotopic (exact) mass is 307 g/mol. The quantitative estimate of drug-likeness (QED) is 0.716. The van der Waals surface area contributed by atoms with Crippen molar-refractivity contribution in [3.05, 3.63) is 0 Å². The molecule has 1 saturated heterocycles. The van der Waals surface area contributed by atoms with E-state index in [0.29, 0.717) is 13.1 Å². The largest absolute Gasteiger partial charge is 0.373 e. The molecule has 1 rings (SSSR count). The van der Waals surface area contributed by atoms with Crippen molar-refractivity contribution in [2.75, 3.05) is 39.8 Å². The first-order valence-electron chi connectivity index (χ1n) is 7.44. The maximum absolute atomic E-state index is 12.0. The molecule has 0 aromatic heterocycles. The Morgan fingerprint density at radius 2 is 1.90 bits per heavy atom. The highest BCUT2D eigenvalue weighted by Gasteiger charge is 2.22. The molecule has 0 aromatic rings. The van der Waals surface area contributed by atoms with Crippen molar-refractivity contribution in [1.82, 2.24) is 13.9 Å². The third kappa shape index (κ3) is 6.05. The highest BCUT2D eigenvalue weighted by atomic mass is 32.2. The number of hydrogen-bond donors (Lipinski definition) is 1. The molecule has 0 aromatic carbocycles. The lowest BCUT2D eigenvalue weighted by atomic mass is 10.2. The summed E-state index contributed by atoms with van der Waals surface area (Å²) in [6.07, 6.45) is 2.30. The van der Waals surface area contributed by atoms with E-state index in [0.717, 1.165) is 32.5 Å². The summed E-state index contributed by atoms with van der Waals surface area (Å²) in [5.74, 6) is 0. The molecule has 0 amide bonds. The predicted molar refractivity (Wildman–Crippen MR) is 80.9 cm³/mol. The second kappa shape index (κ2) is 8.29. The van der Waals surface area contributed by atoms with Crippen molar-refractivity contribution in [1.29, 1.82) is 0 Å². The summed E-state index contributed by atoms with van der Waals surface area (Å²) in [5, 5.41) is 0. The molecule has 20 heavy (non-hydrogen) atoms. The van der Waals surface area contributed by atoms with Crippen LogP contribution in [-0.2, 0) is 14.9 Å². The van der Waals surface area contributed by atoms with E-state index in [-0.39, 0.29) is 12.2 Å². The van der Waals surface area contributed by atoms with E-state index < -0.39 is 10.2 Å². The molecule has 0 spiro atoms. The molecule has 0 bridgehead atoms. The third-order valence-electron chi connectivity index (χ3n) is 3.44. The molecule has 1 heterocycles. The maximum atomic E-state index is 12.0. The van der Waals surface area contributed by atoms with E-state index in [9.17, 15) is 8.42 Å². The normalized spacial score (nSPS) is 25.2. The maximum Gasteiger partial charge on any atom is 0.279 e. The Labute approximate surface area is 123 Å². The second-order valence-electron chi connectivity index (χ2n) is 5.59. The zero-order chi connectivity index (χ0) is 15.2. The minimum absolute atomic E-state index is 0.211. The minimum Gasteiger partial charge on any atom is -0.373 e. The molecular weight excluding hydrogens is 278 g/mol. The first-order valence-corrected chi connectivity index (χ1v) is 8.88. The van der Waals surface area contributed by atoms with Gasteiger partial charge in [0.1, 0.15) is 0 Å². The van der Waals surface area contributed by atoms with Crippen LogP contribution in [-0.4, -0.2) is 69.6 Å². The smallest absolute Gasteiger partial charge is 0.279 e. The fraction of sp³-hybridized carbons (Fsp3) is 1.00. The van der Waals surface area contributed by atoms with Crippen molar-refractivity contribution in [2.45, 2.75) is 45.8 Å². The lowest BCUT2D eigenvalue weighted by molar-refractivity contribution is -0.0671. The van der Waals surface area contributed by atoms with Gasteiger partial charge in [-0.05, 0) is 20.3 Å². The fourth-order valence-electron chi connectivity index (χ4n) is 2.41. The highest BCUT2D eigenvalue weighted by molar-refractivity contribution is 7.87. The number of ether oxygens (including phenoxy) is 1. The number of unbranched alkanes of at least 4 members (excludes halogenated alkanes) is 1. The van der Waals surface area contributed by atoms with E-state index in [1.807, 2.05) is 13.8 Å². The van der Waals surface area contributed by atoms with Crippen molar-refractivity contribution in [2.24, 2.45) is 0 Å². The third-order valence-corrected chi connectivity index (χ3v) is 5.02. The van der Waals surface area contributed by atoms with Gasteiger partial charge < -0.3 is 4.74 Å². The molecule has 0 radical (unpaired) electrons. The van der Waals surface area contributed by atoms with Crippen LogP contribution < -0.4 is 4.72 Å². The Morgan fingerprint density at radius 3 is 2.45 bits per heavy atom. The van der Waals surface area contributed by atoms with Crippen molar-refractivity contribution in [3.8, 4) is 0 Å². The van der Waals surface area contributed by atoms with E-state index in [2.05, 4.69) is 16.5 Å². The van der Waals surface area contributed by atoms with Crippen LogP contribution in [0.25, 0.3) is 0 Å². The Hall–Kier alpha value is -0.210. The van der Waals surface area contributed by atoms with Crippen LogP contribution in [0.2, 0.25) is 0 Å². The van der Waals surface area contributed by atoms with Crippen LogP contribution in [0.4, 0.5) is 0 Å². The van der Waals surface area contributed by atoms with Crippen LogP contribution in [0.1, 0.15) is 33.6 Å². The summed E-state index contributed by atoms with van der Waals surface area (Å²) >= 11 is 0. The fourth-order valence-corrected chi connectivity index (χ4v) is 3.35. The molecule has 0 saturated carbocycles. The van der Waals surface area contributed by atoms with Gasteiger partial charge in [-0.3, -0.25) is 4.90 Å². The van der Waals surface area contributed by atoms with E-state index in [4.69, 9.17) is 4.74 Å². The number of nitrogens with zero attached hydrogens (tertiary/aromatic N) is 2. The van der Waals surface area contributed by atoms with Gasteiger partial charge in [-0.25, -0.2) is 4.72 Å². The molecule has 0 aliphatic carbocycles. The van der Waals surface area contributed by atoms with Crippen LogP contribution >= 0.6 is 0 Å². The van der Waals surface area contributed by atoms with Crippen molar-refractivity contribution in [3.63, 3.8) is 0 Å². The van der Waals surface area contributed by atoms with Crippen molar-refractivity contribution >= 4 is 10.2 Å². The van der Waals surface area contributed by atoms with Crippen LogP contribution in [0.5, 0.6) is 0 Å². The Bertz CT molecular complexity index is 365. The SMILES string of the molecule is CCCCN(C)S(=O)(=O)NCCN1C[C@H](C)O[C@@H](C)C1. The first kappa shape index (κ1) is 17.8. The lowest BCUT2D eigenvalue weighted by Gasteiger charge is -2.35. The van der Waals surface area contributed by atoms with Gasteiger partial charge in [-0.15, -0.1) is 0 Å². The van der Waals surface area contributed by atoms with Gasteiger partial charge in [0, 0.05) is 39.8 Å². The molecular formula is C13H29N3O3S. The lowest BCUT2D eigenvalue weighted by Crippen LogP contribution is -2.49. The number of hydrogen-bond acceptors (Lipinski definition) is 4. The predicted octanol–water partition coefficient (Wildman–Crippen LogP) is 0.662. The van der Waals surface area contributed by atoms with Gasteiger partial charge in [0.15, 0.2) is 0 Å². The van der Waals surface area contributed by atoms with Gasteiger partial charge in [0.2, 0.25) is 0 Å². The zero-order valence-electron chi connectivity index (χ0n) is 13.1. The molecule has 120 valence electrons. The molecule has 1 N–H and O–H groups in total.